The lowest BCUT2D eigenvalue weighted by molar-refractivity contribution is -0.156. The third kappa shape index (κ3) is 5.89. The fourth-order valence-corrected chi connectivity index (χ4v) is 5.87. The average molecular weight is 501 g/mol. The Balaban J connectivity index is 2.22. The van der Waals surface area contributed by atoms with Crippen molar-refractivity contribution in [2.45, 2.75) is 78.3 Å². The highest BCUT2D eigenvalue weighted by Crippen LogP contribution is 2.53. The quantitative estimate of drug-likeness (QED) is 0.315. The predicted octanol–water partition coefficient (Wildman–Crippen LogP) is 9.09. The van der Waals surface area contributed by atoms with Crippen molar-refractivity contribution in [3.8, 4) is 0 Å². The topological polar surface area (TPSA) is 20.3 Å². The lowest BCUT2D eigenvalue weighted by atomic mass is 9.66. The van der Waals surface area contributed by atoms with E-state index < -0.39 is 5.41 Å². The minimum absolute atomic E-state index is 0.0827. The van der Waals surface area contributed by atoms with Crippen LogP contribution in [0.4, 0.5) is 0 Å². The third-order valence-corrected chi connectivity index (χ3v) is 7.84. The lowest BCUT2D eigenvalue weighted by Crippen LogP contribution is -2.56. The Hall–Kier alpha value is -1.77. The fraction of sp³-hybridized carbons (Fsp3) is 0.500. The largest absolute Gasteiger partial charge is 0.331 e. The van der Waals surface area contributed by atoms with E-state index in [9.17, 15) is 4.79 Å². The lowest BCUT2D eigenvalue weighted by Gasteiger charge is -2.53. The van der Waals surface area contributed by atoms with Gasteiger partial charge in [-0.3, -0.25) is 4.79 Å². The van der Waals surface area contributed by atoms with Gasteiger partial charge in [-0.25, -0.2) is 0 Å². The van der Waals surface area contributed by atoms with Gasteiger partial charge in [-0.2, -0.15) is 0 Å². The summed E-state index contributed by atoms with van der Waals surface area (Å²) < 4.78 is 0. The van der Waals surface area contributed by atoms with E-state index in [1.54, 1.807) is 0 Å². The number of benzene rings is 2. The molecule has 2 aromatic rings. The van der Waals surface area contributed by atoms with Gasteiger partial charge in [-0.1, -0.05) is 88.2 Å². The smallest absolute Gasteiger partial charge is 0.229 e. The molecule has 1 amide bonds. The van der Waals surface area contributed by atoms with Crippen molar-refractivity contribution >= 4 is 29.1 Å². The number of piperidine rings is 1. The van der Waals surface area contributed by atoms with Gasteiger partial charge in [0.05, 0.1) is 11.5 Å². The van der Waals surface area contributed by atoms with E-state index in [-0.39, 0.29) is 23.9 Å². The van der Waals surface area contributed by atoms with Crippen LogP contribution in [0, 0.1) is 17.3 Å². The number of hydrogen-bond donors (Lipinski definition) is 0. The van der Waals surface area contributed by atoms with Gasteiger partial charge < -0.3 is 4.90 Å². The minimum atomic E-state index is -0.511. The standard InChI is InChI=1S/C30H39Cl2NO/c1-7-17-30(6)19-26(23-9-8-10-25(32)18-23)28(22-12-14-24(31)15-13-22)33(29(30)34)27(21(4)5)16-11-20(2)3/h7-10,12-15,18,20-21,26-28H,1,11,16-17,19H2,2-6H3/t26-,27-,28-,30+/m1/s1. The number of likely N-dealkylation sites (tertiary alicyclic amines) is 1. The summed E-state index contributed by atoms with van der Waals surface area (Å²) in [6.45, 7) is 15.1. The number of halogens is 2. The fourth-order valence-electron chi connectivity index (χ4n) is 5.55. The minimum Gasteiger partial charge on any atom is -0.331 e. The van der Waals surface area contributed by atoms with Crippen molar-refractivity contribution in [3.05, 3.63) is 82.4 Å². The van der Waals surface area contributed by atoms with Crippen molar-refractivity contribution in [2.75, 3.05) is 0 Å². The van der Waals surface area contributed by atoms with Gasteiger partial charge in [0.25, 0.3) is 0 Å². The number of rotatable bonds is 9. The summed E-state index contributed by atoms with van der Waals surface area (Å²) in [7, 11) is 0. The molecule has 1 aliphatic rings. The van der Waals surface area contributed by atoms with Crippen LogP contribution in [0.2, 0.25) is 10.0 Å². The maximum Gasteiger partial charge on any atom is 0.229 e. The van der Waals surface area contributed by atoms with E-state index in [0.29, 0.717) is 23.3 Å². The van der Waals surface area contributed by atoms with Gasteiger partial charge >= 0.3 is 0 Å². The highest BCUT2D eigenvalue weighted by molar-refractivity contribution is 6.30. The Morgan fingerprint density at radius 3 is 2.26 bits per heavy atom. The highest BCUT2D eigenvalue weighted by Gasteiger charge is 2.51. The van der Waals surface area contributed by atoms with Gasteiger partial charge in [0.1, 0.15) is 0 Å². The first-order valence-corrected chi connectivity index (χ1v) is 13.3. The molecule has 1 saturated heterocycles. The van der Waals surface area contributed by atoms with Crippen LogP contribution in [-0.4, -0.2) is 16.8 Å². The van der Waals surface area contributed by atoms with E-state index in [1.165, 1.54) is 5.56 Å². The monoisotopic (exact) mass is 499 g/mol. The van der Waals surface area contributed by atoms with Gasteiger partial charge in [0, 0.05) is 22.0 Å². The molecule has 1 heterocycles. The zero-order valence-corrected chi connectivity index (χ0v) is 22.7. The molecule has 0 spiro atoms. The summed E-state index contributed by atoms with van der Waals surface area (Å²) in [5.41, 5.74) is 1.79. The van der Waals surface area contributed by atoms with Gasteiger partial charge in [0.15, 0.2) is 0 Å². The summed E-state index contributed by atoms with van der Waals surface area (Å²) >= 11 is 12.7. The second kappa shape index (κ2) is 11.3. The zero-order valence-electron chi connectivity index (χ0n) is 21.2. The van der Waals surface area contributed by atoms with E-state index in [0.717, 1.165) is 29.8 Å². The number of nitrogens with zero attached hydrogens (tertiary/aromatic N) is 1. The summed E-state index contributed by atoms with van der Waals surface area (Å²) in [6.07, 6.45) is 5.36. The molecule has 0 N–H and O–H groups in total. The molecular formula is C30H39Cl2NO. The third-order valence-electron chi connectivity index (χ3n) is 7.35. The van der Waals surface area contributed by atoms with E-state index in [4.69, 9.17) is 23.2 Å². The van der Waals surface area contributed by atoms with Crippen molar-refractivity contribution in [3.63, 3.8) is 0 Å². The normalized spacial score (nSPS) is 24.0. The zero-order chi connectivity index (χ0) is 25.0. The van der Waals surface area contributed by atoms with Crippen molar-refractivity contribution in [1.29, 1.82) is 0 Å². The maximum atomic E-state index is 14.3. The highest BCUT2D eigenvalue weighted by atomic mass is 35.5. The molecule has 184 valence electrons. The summed E-state index contributed by atoms with van der Waals surface area (Å²) in [5, 5.41) is 1.43. The summed E-state index contributed by atoms with van der Waals surface area (Å²) in [5.74, 6) is 1.26. The van der Waals surface area contributed by atoms with Crippen LogP contribution in [0.1, 0.15) is 83.4 Å². The van der Waals surface area contributed by atoms with Gasteiger partial charge in [-0.15, -0.1) is 6.58 Å². The molecule has 0 saturated carbocycles. The van der Waals surface area contributed by atoms with Crippen molar-refractivity contribution in [1.82, 2.24) is 4.90 Å². The number of hydrogen-bond acceptors (Lipinski definition) is 1. The first-order chi connectivity index (χ1) is 16.1. The number of allylic oxidation sites excluding steroid dienone is 1. The predicted molar refractivity (Wildman–Crippen MR) is 145 cm³/mol. The molecule has 0 aromatic heterocycles. The van der Waals surface area contributed by atoms with E-state index in [1.807, 2.05) is 30.3 Å². The molecule has 3 rings (SSSR count). The van der Waals surface area contributed by atoms with Crippen molar-refractivity contribution in [2.24, 2.45) is 17.3 Å². The molecule has 4 heteroatoms. The molecule has 0 radical (unpaired) electrons. The molecule has 1 aliphatic heterocycles. The van der Waals surface area contributed by atoms with Crippen LogP contribution in [0.15, 0.2) is 61.2 Å². The molecular weight excluding hydrogens is 461 g/mol. The summed E-state index contributed by atoms with van der Waals surface area (Å²) in [6, 6.07) is 16.2. The molecule has 34 heavy (non-hydrogen) atoms. The van der Waals surface area contributed by atoms with Crippen LogP contribution in [0.5, 0.6) is 0 Å². The number of amides is 1. The Morgan fingerprint density at radius 1 is 1.03 bits per heavy atom. The average Bonchev–Trinajstić information content (AvgIpc) is 2.77. The second-order valence-electron chi connectivity index (χ2n) is 10.9. The van der Waals surface area contributed by atoms with E-state index in [2.05, 4.69) is 70.4 Å². The van der Waals surface area contributed by atoms with Crippen LogP contribution in [0.25, 0.3) is 0 Å². The number of carbonyl (C=O) groups is 1. The van der Waals surface area contributed by atoms with Crippen LogP contribution >= 0.6 is 23.2 Å². The van der Waals surface area contributed by atoms with Gasteiger partial charge in [-0.05, 0) is 72.9 Å². The second-order valence-corrected chi connectivity index (χ2v) is 11.8. The first-order valence-electron chi connectivity index (χ1n) is 12.5. The molecule has 0 bridgehead atoms. The van der Waals surface area contributed by atoms with Crippen LogP contribution in [-0.2, 0) is 4.79 Å². The van der Waals surface area contributed by atoms with Crippen LogP contribution in [0.3, 0.4) is 0 Å². The van der Waals surface area contributed by atoms with E-state index >= 15 is 0 Å². The molecule has 0 aliphatic carbocycles. The molecule has 1 fully saturated rings. The maximum absolute atomic E-state index is 14.3. The molecule has 0 unspecified atom stereocenters. The Kier molecular flexibility index (Phi) is 8.93. The first kappa shape index (κ1) is 26.8. The number of carbonyl (C=O) groups excluding carboxylic acids is 1. The van der Waals surface area contributed by atoms with Crippen molar-refractivity contribution < 1.29 is 4.79 Å². The molecule has 2 aromatic carbocycles. The Labute approximate surface area is 216 Å². The molecule has 4 atom stereocenters. The SMILES string of the molecule is C=CC[C@@]1(C)C[C@H](c2cccc(Cl)c2)[C@@H](c2ccc(Cl)cc2)N([C@H](CCC(C)C)C(C)C)C1=O. The Bertz CT molecular complexity index is 984. The molecule has 2 nitrogen and oxygen atoms in total. The Morgan fingerprint density at radius 2 is 1.71 bits per heavy atom. The van der Waals surface area contributed by atoms with Crippen LogP contribution < -0.4 is 0 Å². The summed E-state index contributed by atoms with van der Waals surface area (Å²) in [4.78, 5) is 16.6. The van der Waals surface area contributed by atoms with Gasteiger partial charge in [0.2, 0.25) is 5.91 Å².